The zero-order valence-electron chi connectivity index (χ0n) is 7.63. The second-order valence-corrected chi connectivity index (χ2v) is 2.93. The smallest absolute Gasteiger partial charge is 0.207 e. The van der Waals surface area contributed by atoms with E-state index in [1.165, 1.54) is 0 Å². The summed E-state index contributed by atoms with van der Waals surface area (Å²) in [6.07, 6.45) is -0.418. The molecule has 0 saturated heterocycles. The van der Waals surface area contributed by atoms with Crippen molar-refractivity contribution in [2.45, 2.75) is 12.1 Å². The summed E-state index contributed by atoms with van der Waals surface area (Å²) in [7, 11) is 0. The molecule has 1 rings (SSSR count). The van der Waals surface area contributed by atoms with E-state index in [1.54, 1.807) is 24.3 Å². The van der Waals surface area contributed by atoms with E-state index in [1.807, 2.05) is 6.07 Å². The molecule has 0 spiro atoms. The molecule has 3 N–H and O–H groups in total. The Labute approximate surface area is 82.2 Å². The first-order valence-corrected chi connectivity index (χ1v) is 4.33. The SMILES string of the molecule is O=CN[C@@H](CO)[C@H](O)c1ccccc1. The van der Waals surface area contributed by atoms with Crippen molar-refractivity contribution in [1.29, 1.82) is 0 Å². The lowest BCUT2D eigenvalue weighted by molar-refractivity contribution is -0.111. The summed E-state index contributed by atoms with van der Waals surface area (Å²) >= 11 is 0. The van der Waals surface area contributed by atoms with E-state index in [4.69, 9.17) is 5.11 Å². The van der Waals surface area contributed by atoms with Gasteiger partial charge in [-0.2, -0.15) is 0 Å². The van der Waals surface area contributed by atoms with Gasteiger partial charge >= 0.3 is 0 Å². The number of amides is 1. The normalized spacial score (nSPS) is 14.4. The lowest BCUT2D eigenvalue weighted by atomic mass is 10.0. The van der Waals surface area contributed by atoms with Gasteiger partial charge in [-0.3, -0.25) is 4.79 Å². The van der Waals surface area contributed by atoms with Crippen LogP contribution in [0.25, 0.3) is 0 Å². The Hall–Kier alpha value is -1.39. The summed E-state index contributed by atoms with van der Waals surface area (Å²) in [6.45, 7) is -0.297. The van der Waals surface area contributed by atoms with Crippen molar-refractivity contribution in [2.75, 3.05) is 6.61 Å². The Morgan fingerprint density at radius 3 is 2.50 bits per heavy atom. The fraction of sp³-hybridized carbons (Fsp3) is 0.300. The van der Waals surface area contributed by atoms with Gasteiger partial charge in [0.05, 0.1) is 12.6 Å². The first kappa shape index (κ1) is 10.7. The molecule has 1 aromatic carbocycles. The highest BCUT2D eigenvalue weighted by Gasteiger charge is 2.18. The third-order valence-corrected chi connectivity index (χ3v) is 2.00. The molecule has 2 atom stereocenters. The maximum Gasteiger partial charge on any atom is 0.207 e. The third-order valence-electron chi connectivity index (χ3n) is 2.00. The molecule has 0 heterocycles. The minimum atomic E-state index is -0.883. The topological polar surface area (TPSA) is 69.6 Å². The Morgan fingerprint density at radius 1 is 1.36 bits per heavy atom. The average molecular weight is 195 g/mol. The fourth-order valence-corrected chi connectivity index (χ4v) is 1.21. The van der Waals surface area contributed by atoms with E-state index in [9.17, 15) is 9.90 Å². The molecule has 0 aliphatic rings. The Bertz CT molecular complexity index is 276. The highest BCUT2D eigenvalue weighted by molar-refractivity contribution is 5.47. The number of benzene rings is 1. The zero-order valence-corrected chi connectivity index (χ0v) is 7.63. The van der Waals surface area contributed by atoms with Crippen molar-refractivity contribution >= 4 is 6.41 Å². The van der Waals surface area contributed by atoms with Crippen LogP contribution >= 0.6 is 0 Å². The number of aliphatic hydroxyl groups excluding tert-OH is 2. The van der Waals surface area contributed by atoms with E-state index in [0.29, 0.717) is 12.0 Å². The number of nitrogens with one attached hydrogen (secondary N) is 1. The Kier molecular flexibility index (Phi) is 4.10. The predicted molar refractivity (Wildman–Crippen MR) is 51.5 cm³/mol. The molecule has 76 valence electrons. The highest BCUT2D eigenvalue weighted by atomic mass is 16.3. The van der Waals surface area contributed by atoms with Gasteiger partial charge in [0.2, 0.25) is 6.41 Å². The predicted octanol–water partition coefficient (Wildman–Crippen LogP) is -0.173. The zero-order chi connectivity index (χ0) is 10.4. The van der Waals surface area contributed by atoms with Crippen molar-refractivity contribution in [3.63, 3.8) is 0 Å². The van der Waals surface area contributed by atoms with Crippen LogP contribution in [0.15, 0.2) is 30.3 Å². The van der Waals surface area contributed by atoms with Gasteiger partial charge in [0.15, 0.2) is 0 Å². The van der Waals surface area contributed by atoms with Crippen LogP contribution in [0.5, 0.6) is 0 Å². The van der Waals surface area contributed by atoms with Crippen molar-refractivity contribution in [3.8, 4) is 0 Å². The first-order valence-electron chi connectivity index (χ1n) is 4.33. The standard InChI is InChI=1S/C10H13NO3/c12-6-9(11-7-13)10(14)8-4-2-1-3-5-8/h1-5,7,9-10,12,14H,6H2,(H,11,13)/t9-,10+/m0/s1. The summed E-state index contributed by atoms with van der Waals surface area (Å²) in [5, 5.41) is 21.0. The van der Waals surface area contributed by atoms with Crippen LogP contribution in [0.1, 0.15) is 11.7 Å². The molecule has 0 aromatic heterocycles. The lowest BCUT2D eigenvalue weighted by Crippen LogP contribution is -2.37. The number of carbonyl (C=O) groups is 1. The van der Waals surface area contributed by atoms with Gasteiger partial charge in [0, 0.05) is 0 Å². The second-order valence-electron chi connectivity index (χ2n) is 2.93. The van der Waals surface area contributed by atoms with Gasteiger partial charge in [-0.25, -0.2) is 0 Å². The molecular weight excluding hydrogens is 182 g/mol. The molecule has 14 heavy (non-hydrogen) atoms. The molecule has 0 radical (unpaired) electrons. The van der Waals surface area contributed by atoms with E-state index in [2.05, 4.69) is 5.32 Å². The summed E-state index contributed by atoms with van der Waals surface area (Å²) in [6, 6.07) is 8.22. The van der Waals surface area contributed by atoms with Gasteiger partial charge in [0.1, 0.15) is 6.10 Å². The van der Waals surface area contributed by atoms with Crippen LogP contribution in [-0.4, -0.2) is 29.3 Å². The van der Waals surface area contributed by atoms with E-state index < -0.39 is 12.1 Å². The number of aliphatic hydroxyl groups is 2. The van der Waals surface area contributed by atoms with Crippen molar-refractivity contribution in [3.05, 3.63) is 35.9 Å². The van der Waals surface area contributed by atoms with Crippen LogP contribution < -0.4 is 5.32 Å². The van der Waals surface area contributed by atoms with E-state index in [-0.39, 0.29) is 6.61 Å². The van der Waals surface area contributed by atoms with Crippen molar-refractivity contribution < 1.29 is 15.0 Å². The van der Waals surface area contributed by atoms with Crippen LogP contribution in [0.4, 0.5) is 0 Å². The number of carbonyl (C=O) groups excluding carboxylic acids is 1. The lowest BCUT2D eigenvalue weighted by Gasteiger charge is -2.20. The quantitative estimate of drug-likeness (QED) is 0.571. The van der Waals surface area contributed by atoms with Crippen molar-refractivity contribution in [2.24, 2.45) is 0 Å². The van der Waals surface area contributed by atoms with E-state index in [0.717, 1.165) is 0 Å². The summed E-state index contributed by atoms with van der Waals surface area (Å²) < 4.78 is 0. The Morgan fingerprint density at radius 2 is 2.00 bits per heavy atom. The maximum absolute atomic E-state index is 10.2. The molecule has 0 fully saturated rings. The molecule has 1 amide bonds. The summed E-state index contributed by atoms with van der Waals surface area (Å²) in [4.78, 5) is 10.2. The molecule has 0 saturated carbocycles. The van der Waals surface area contributed by atoms with Gasteiger partial charge in [-0.05, 0) is 5.56 Å². The van der Waals surface area contributed by atoms with Gasteiger partial charge in [0.25, 0.3) is 0 Å². The largest absolute Gasteiger partial charge is 0.394 e. The highest BCUT2D eigenvalue weighted by Crippen LogP contribution is 2.15. The number of hydrogen-bond donors (Lipinski definition) is 3. The van der Waals surface area contributed by atoms with E-state index >= 15 is 0 Å². The summed E-state index contributed by atoms with van der Waals surface area (Å²) in [5.41, 5.74) is 0.668. The Balaban J connectivity index is 2.72. The molecular formula is C10H13NO3. The molecule has 0 bridgehead atoms. The van der Waals surface area contributed by atoms with Gasteiger partial charge < -0.3 is 15.5 Å². The molecule has 0 aliphatic heterocycles. The minimum absolute atomic E-state index is 0.297. The molecule has 0 aliphatic carbocycles. The van der Waals surface area contributed by atoms with Gasteiger partial charge in [-0.1, -0.05) is 30.3 Å². The fourth-order valence-electron chi connectivity index (χ4n) is 1.21. The maximum atomic E-state index is 10.2. The first-order chi connectivity index (χ1) is 6.79. The molecule has 0 unspecified atom stereocenters. The molecule has 4 heteroatoms. The molecule has 4 nitrogen and oxygen atoms in total. The number of rotatable bonds is 5. The third kappa shape index (κ3) is 2.55. The van der Waals surface area contributed by atoms with Crippen LogP contribution in [-0.2, 0) is 4.79 Å². The van der Waals surface area contributed by atoms with Crippen LogP contribution in [0.2, 0.25) is 0 Å². The number of hydrogen-bond acceptors (Lipinski definition) is 3. The average Bonchev–Trinajstić information content (AvgIpc) is 2.26. The monoisotopic (exact) mass is 195 g/mol. The van der Waals surface area contributed by atoms with Crippen LogP contribution in [0, 0.1) is 0 Å². The van der Waals surface area contributed by atoms with Gasteiger partial charge in [-0.15, -0.1) is 0 Å². The van der Waals surface area contributed by atoms with Crippen molar-refractivity contribution in [1.82, 2.24) is 5.32 Å². The minimum Gasteiger partial charge on any atom is -0.394 e. The molecule has 1 aromatic rings. The second kappa shape index (κ2) is 5.36. The van der Waals surface area contributed by atoms with Crippen LogP contribution in [0.3, 0.4) is 0 Å². The summed E-state index contributed by atoms with van der Waals surface area (Å²) in [5.74, 6) is 0.